The van der Waals surface area contributed by atoms with E-state index in [1.807, 2.05) is 18.4 Å². The molecular weight excluding hydrogens is 290 g/mol. The van der Waals surface area contributed by atoms with Crippen molar-refractivity contribution in [1.29, 1.82) is 0 Å². The van der Waals surface area contributed by atoms with Crippen LogP contribution in [0.4, 0.5) is 4.79 Å². The van der Waals surface area contributed by atoms with Gasteiger partial charge in [-0.25, -0.2) is 4.79 Å². The second-order valence-corrected chi connectivity index (χ2v) is 7.68. The summed E-state index contributed by atoms with van der Waals surface area (Å²) in [7, 11) is 0. The molecule has 0 spiro atoms. The summed E-state index contributed by atoms with van der Waals surface area (Å²) in [4.78, 5) is 14.6. The number of piperidine rings is 1. The van der Waals surface area contributed by atoms with Gasteiger partial charge in [-0.2, -0.15) is 0 Å². The van der Waals surface area contributed by atoms with E-state index in [0.29, 0.717) is 13.0 Å². The van der Waals surface area contributed by atoms with Gasteiger partial charge in [0.15, 0.2) is 0 Å². The third-order valence-electron chi connectivity index (χ3n) is 3.59. The number of hydrogen-bond acceptors (Lipinski definition) is 5. The van der Waals surface area contributed by atoms with Gasteiger partial charge in [0.1, 0.15) is 17.3 Å². The first-order valence-electron chi connectivity index (χ1n) is 7.06. The van der Waals surface area contributed by atoms with Crippen LogP contribution in [0, 0.1) is 6.92 Å². The van der Waals surface area contributed by atoms with Crippen LogP contribution in [0.5, 0.6) is 0 Å². The number of amides is 1. The number of carbonyl (C=O) groups excluding carboxylic acids is 1. The highest BCUT2D eigenvalue weighted by atomic mass is 32.1. The first-order valence-corrected chi connectivity index (χ1v) is 7.94. The van der Waals surface area contributed by atoms with Crippen molar-refractivity contribution in [2.75, 3.05) is 13.1 Å². The summed E-state index contributed by atoms with van der Waals surface area (Å²) in [5.74, 6) is 0. The van der Waals surface area contributed by atoms with Gasteiger partial charge in [-0.3, -0.25) is 0 Å². The lowest BCUT2D eigenvalue weighted by molar-refractivity contribution is -0.123. The number of carbonyl (C=O) groups is 1. The second-order valence-electron chi connectivity index (χ2n) is 6.56. The number of aryl methyl sites for hydroxylation is 1. The Hall–Kier alpha value is -1.11. The fraction of sp³-hybridized carbons (Fsp3) is 0.667. The minimum atomic E-state index is -1.29. The number of rotatable bonds is 1. The molecule has 0 saturated carbocycles. The van der Waals surface area contributed by atoms with Crippen LogP contribution >= 0.6 is 11.3 Å². The van der Waals surface area contributed by atoms with Gasteiger partial charge in [-0.1, -0.05) is 0 Å². The van der Waals surface area contributed by atoms with Crippen molar-refractivity contribution in [3.63, 3.8) is 0 Å². The minimum Gasteiger partial charge on any atom is -0.444 e. The zero-order chi connectivity index (χ0) is 15.8. The lowest BCUT2D eigenvalue weighted by Gasteiger charge is -2.42. The maximum atomic E-state index is 12.0. The van der Waals surface area contributed by atoms with Crippen LogP contribution in [0.15, 0.2) is 11.4 Å². The third kappa shape index (κ3) is 3.56. The molecule has 0 unspecified atom stereocenters. The zero-order valence-corrected chi connectivity index (χ0v) is 13.7. The summed E-state index contributed by atoms with van der Waals surface area (Å²) in [5.41, 5.74) is -1.13. The number of ether oxygens (including phenoxy) is 1. The quantitative estimate of drug-likeness (QED) is 0.834. The molecule has 1 saturated heterocycles. The summed E-state index contributed by atoms with van der Waals surface area (Å²) in [5, 5.41) is 22.9. The standard InChI is InChI=1S/C15H23NO4S/c1-10-7-11(9-21-10)15(19)5-6-16(8-12(15)17)13(18)20-14(2,3)4/h7,9,12,17,19H,5-6,8H2,1-4H3/t12-,15-/m0/s1. The van der Waals surface area contributed by atoms with Crippen molar-refractivity contribution >= 4 is 17.4 Å². The molecule has 0 aliphatic carbocycles. The fourth-order valence-corrected chi connectivity index (χ4v) is 3.20. The summed E-state index contributed by atoms with van der Waals surface area (Å²) in [6.45, 7) is 7.79. The Bertz CT molecular complexity index is 522. The molecule has 21 heavy (non-hydrogen) atoms. The molecule has 5 nitrogen and oxygen atoms in total. The number of β-amino-alcohol motifs (C(OH)–C–C–N with tert-alkyl or cyclic N) is 1. The van der Waals surface area contributed by atoms with E-state index >= 15 is 0 Å². The van der Waals surface area contributed by atoms with E-state index in [4.69, 9.17) is 4.74 Å². The molecule has 1 aliphatic rings. The lowest BCUT2D eigenvalue weighted by atomic mass is 9.83. The highest BCUT2D eigenvalue weighted by molar-refractivity contribution is 7.10. The molecule has 0 radical (unpaired) electrons. The van der Waals surface area contributed by atoms with E-state index in [1.54, 1.807) is 20.8 Å². The molecular formula is C15H23NO4S. The molecule has 118 valence electrons. The van der Waals surface area contributed by atoms with Crippen molar-refractivity contribution in [1.82, 2.24) is 4.90 Å². The number of hydrogen-bond donors (Lipinski definition) is 2. The van der Waals surface area contributed by atoms with E-state index < -0.39 is 23.4 Å². The van der Waals surface area contributed by atoms with Gasteiger partial charge in [-0.05, 0) is 44.7 Å². The largest absolute Gasteiger partial charge is 0.444 e. The smallest absolute Gasteiger partial charge is 0.410 e. The topological polar surface area (TPSA) is 70.0 Å². The second kappa shape index (κ2) is 5.59. The number of thiophene rings is 1. The average Bonchev–Trinajstić information content (AvgIpc) is 2.78. The molecule has 0 bridgehead atoms. The summed E-state index contributed by atoms with van der Waals surface area (Å²) >= 11 is 1.54. The van der Waals surface area contributed by atoms with Crippen LogP contribution in [0.3, 0.4) is 0 Å². The van der Waals surface area contributed by atoms with Gasteiger partial charge >= 0.3 is 6.09 Å². The number of aliphatic hydroxyl groups excluding tert-OH is 1. The van der Waals surface area contributed by atoms with Crippen molar-refractivity contribution in [2.45, 2.75) is 51.4 Å². The van der Waals surface area contributed by atoms with E-state index in [9.17, 15) is 15.0 Å². The molecule has 0 aromatic carbocycles. The summed E-state index contributed by atoms with van der Waals surface area (Å²) in [6, 6.07) is 1.89. The van der Waals surface area contributed by atoms with Crippen LogP contribution < -0.4 is 0 Å². The SMILES string of the molecule is Cc1cc([C@@]2(O)CCN(C(=O)OC(C)(C)C)C[C@@H]2O)cs1. The van der Waals surface area contributed by atoms with Crippen molar-refractivity contribution in [3.8, 4) is 0 Å². The molecule has 6 heteroatoms. The molecule has 2 heterocycles. The van der Waals surface area contributed by atoms with Crippen molar-refractivity contribution < 1.29 is 19.7 Å². The molecule has 2 N–H and O–H groups in total. The fourth-order valence-electron chi connectivity index (χ4n) is 2.42. The molecule has 1 aliphatic heterocycles. The number of likely N-dealkylation sites (tertiary alicyclic amines) is 1. The monoisotopic (exact) mass is 313 g/mol. The third-order valence-corrected chi connectivity index (χ3v) is 4.45. The Balaban J connectivity index is 2.07. The first kappa shape index (κ1) is 16.3. The normalized spacial score (nSPS) is 26.8. The van der Waals surface area contributed by atoms with Crippen LogP contribution in [-0.4, -0.2) is 46.0 Å². The maximum absolute atomic E-state index is 12.0. The lowest BCUT2D eigenvalue weighted by Crippen LogP contribution is -2.55. The van der Waals surface area contributed by atoms with Crippen molar-refractivity contribution in [3.05, 3.63) is 21.9 Å². The van der Waals surface area contributed by atoms with Crippen LogP contribution in [0.25, 0.3) is 0 Å². The van der Waals surface area contributed by atoms with E-state index in [2.05, 4.69) is 0 Å². The average molecular weight is 313 g/mol. The number of aliphatic hydroxyl groups is 2. The molecule has 2 rings (SSSR count). The molecule has 2 atom stereocenters. The van der Waals surface area contributed by atoms with Crippen LogP contribution in [-0.2, 0) is 10.3 Å². The molecule has 1 amide bonds. The predicted molar refractivity (Wildman–Crippen MR) is 81.4 cm³/mol. The predicted octanol–water partition coefficient (Wildman–Crippen LogP) is 2.25. The summed E-state index contributed by atoms with van der Waals surface area (Å²) in [6.07, 6.45) is -1.18. The van der Waals surface area contributed by atoms with Crippen LogP contribution in [0.2, 0.25) is 0 Å². The molecule has 1 aromatic rings. The minimum absolute atomic E-state index is 0.0697. The van der Waals surface area contributed by atoms with Gasteiger partial charge < -0.3 is 19.8 Å². The highest BCUT2D eigenvalue weighted by Crippen LogP contribution is 2.35. The van der Waals surface area contributed by atoms with Gasteiger partial charge in [-0.15, -0.1) is 11.3 Å². The molecule has 1 aromatic heterocycles. The summed E-state index contributed by atoms with van der Waals surface area (Å²) < 4.78 is 5.30. The first-order chi connectivity index (χ1) is 9.62. The Kier molecular flexibility index (Phi) is 4.33. The Morgan fingerprint density at radius 3 is 2.67 bits per heavy atom. The molecule has 1 fully saturated rings. The van der Waals surface area contributed by atoms with E-state index in [1.165, 1.54) is 16.2 Å². The number of nitrogens with zero attached hydrogens (tertiary/aromatic N) is 1. The van der Waals surface area contributed by atoms with Gasteiger partial charge in [0, 0.05) is 17.8 Å². The Morgan fingerprint density at radius 1 is 1.52 bits per heavy atom. The maximum Gasteiger partial charge on any atom is 0.410 e. The van der Waals surface area contributed by atoms with E-state index in [0.717, 1.165) is 10.4 Å². The van der Waals surface area contributed by atoms with Gasteiger partial charge in [0.05, 0.1) is 6.54 Å². The Morgan fingerprint density at radius 2 is 2.19 bits per heavy atom. The van der Waals surface area contributed by atoms with Crippen molar-refractivity contribution in [2.24, 2.45) is 0 Å². The van der Waals surface area contributed by atoms with Crippen LogP contribution in [0.1, 0.15) is 37.6 Å². The van der Waals surface area contributed by atoms with E-state index in [-0.39, 0.29) is 6.54 Å². The zero-order valence-electron chi connectivity index (χ0n) is 12.9. The highest BCUT2D eigenvalue weighted by Gasteiger charge is 2.44. The van der Waals surface area contributed by atoms with Gasteiger partial charge in [0.2, 0.25) is 0 Å². The Labute approximate surface area is 129 Å². The van der Waals surface area contributed by atoms with Gasteiger partial charge in [0.25, 0.3) is 0 Å².